The molecule has 0 N–H and O–H groups in total. The van der Waals surface area contributed by atoms with Crippen LogP contribution in [0.3, 0.4) is 0 Å². The van der Waals surface area contributed by atoms with Gasteiger partial charge >= 0.3 is 103 Å². The fourth-order valence-electron chi connectivity index (χ4n) is 0.911. The largest absolute Gasteiger partial charge is 1.00 e. The van der Waals surface area contributed by atoms with Crippen LogP contribution in [0.5, 0.6) is 0 Å². The summed E-state index contributed by atoms with van der Waals surface area (Å²) in [5.74, 6) is 1.86. The molecule has 0 aliphatic heterocycles. The van der Waals surface area contributed by atoms with Gasteiger partial charge in [-0.25, -0.2) is 0 Å². The van der Waals surface area contributed by atoms with Crippen molar-refractivity contribution in [2.45, 2.75) is 38.5 Å². The zero-order chi connectivity index (χ0) is 7.66. The van der Waals surface area contributed by atoms with Crippen LogP contribution in [0.25, 0.3) is 0 Å². The van der Waals surface area contributed by atoms with Gasteiger partial charge in [0.05, 0.1) is 0 Å². The summed E-state index contributed by atoms with van der Waals surface area (Å²) < 4.78 is 0. The normalized spacial score (nSPS) is 8.50. The maximum absolute atomic E-state index is 4.84. The van der Waals surface area contributed by atoms with Crippen molar-refractivity contribution in [3.8, 4) is 0 Å². The summed E-state index contributed by atoms with van der Waals surface area (Å²) in [5.41, 5.74) is 0. The molecule has 0 aromatic rings. The minimum absolute atomic E-state index is 0. The van der Waals surface area contributed by atoms with E-state index in [9.17, 15) is 0 Å². The van der Waals surface area contributed by atoms with Crippen LogP contribution < -0.4 is 103 Å². The van der Waals surface area contributed by atoms with Crippen LogP contribution >= 0.6 is 0 Å². The van der Waals surface area contributed by atoms with Gasteiger partial charge in [0, 0.05) is 0 Å². The quantitative estimate of drug-likeness (QED) is 0.262. The second-order valence-corrected chi connectivity index (χ2v) is 3.35. The van der Waals surface area contributed by atoms with E-state index in [0.29, 0.717) is 0 Å². The second kappa shape index (κ2) is 20.4. The molecule has 0 unspecified atom stereocenters. The molecule has 0 nitrogen and oxygen atoms in total. The molecular formula is C8H16K2S2. The van der Waals surface area contributed by atoms with Gasteiger partial charge in [0.2, 0.25) is 0 Å². The van der Waals surface area contributed by atoms with Gasteiger partial charge in [-0.15, -0.1) is 0 Å². The van der Waals surface area contributed by atoms with E-state index in [1.165, 1.54) is 38.5 Å². The molecule has 0 saturated heterocycles. The average molecular weight is 255 g/mol. The van der Waals surface area contributed by atoms with Crippen molar-refractivity contribution in [3.63, 3.8) is 0 Å². The predicted molar refractivity (Wildman–Crippen MR) is 52.2 cm³/mol. The van der Waals surface area contributed by atoms with Crippen LogP contribution in [-0.2, 0) is 25.3 Å². The molecule has 0 aliphatic rings. The van der Waals surface area contributed by atoms with Crippen LogP contribution in [0.1, 0.15) is 38.5 Å². The zero-order valence-corrected chi connectivity index (χ0v) is 16.4. The Kier molecular flexibility index (Phi) is 36.2. The first kappa shape index (κ1) is 21.3. The van der Waals surface area contributed by atoms with E-state index < -0.39 is 0 Å². The molecule has 4 heteroatoms. The first-order valence-electron chi connectivity index (χ1n) is 4.08. The summed E-state index contributed by atoms with van der Waals surface area (Å²) in [5, 5.41) is 0. The van der Waals surface area contributed by atoms with Gasteiger partial charge in [0.1, 0.15) is 0 Å². The predicted octanol–water partition coefficient (Wildman–Crippen LogP) is -3.57. The number of rotatable bonds is 7. The van der Waals surface area contributed by atoms with E-state index in [2.05, 4.69) is 0 Å². The van der Waals surface area contributed by atoms with Gasteiger partial charge in [-0.05, 0) is 0 Å². The molecule has 0 rings (SSSR count). The number of hydrogen-bond acceptors (Lipinski definition) is 2. The van der Waals surface area contributed by atoms with Gasteiger partial charge in [0.25, 0.3) is 0 Å². The molecule has 0 aromatic heterocycles. The summed E-state index contributed by atoms with van der Waals surface area (Å²) in [6, 6.07) is 0. The summed E-state index contributed by atoms with van der Waals surface area (Å²) in [6.07, 6.45) is 7.80. The molecule has 0 fully saturated rings. The molecule has 0 bridgehead atoms. The third-order valence-electron chi connectivity index (χ3n) is 1.54. The minimum atomic E-state index is 0. The first-order chi connectivity index (χ1) is 4.91. The Balaban J connectivity index is -0.000000405. The van der Waals surface area contributed by atoms with Crippen LogP contribution in [0.15, 0.2) is 0 Å². The van der Waals surface area contributed by atoms with Crippen molar-refractivity contribution in [2.75, 3.05) is 11.5 Å². The van der Waals surface area contributed by atoms with Crippen molar-refractivity contribution in [1.29, 1.82) is 0 Å². The minimum Gasteiger partial charge on any atom is -0.793 e. The van der Waals surface area contributed by atoms with E-state index >= 15 is 0 Å². The maximum atomic E-state index is 4.84. The van der Waals surface area contributed by atoms with Crippen LogP contribution in [0.4, 0.5) is 0 Å². The topological polar surface area (TPSA) is 0 Å². The Morgan fingerprint density at radius 2 is 0.750 bits per heavy atom. The SMILES string of the molecule is [K+].[K+].[S-]CCCCCCCC[S-]. The molecule has 12 heavy (non-hydrogen) atoms. The average Bonchev–Trinajstić information content (AvgIpc) is 1.97. The first-order valence-corrected chi connectivity index (χ1v) is 5.23. The van der Waals surface area contributed by atoms with Crippen molar-refractivity contribution < 1.29 is 103 Å². The van der Waals surface area contributed by atoms with Gasteiger partial charge in [-0.1, -0.05) is 38.5 Å². The van der Waals surface area contributed by atoms with E-state index in [4.69, 9.17) is 25.3 Å². The maximum Gasteiger partial charge on any atom is 1.00 e. The second-order valence-electron chi connectivity index (χ2n) is 2.53. The van der Waals surface area contributed by atoms with Gasteiger partial charge < -0.3 is 25.3 Å². The van der Waals surface area contributed by atoms with E-state index in [1.54, 1.807) is 0 Å². The van der Waals surface area contributed by atoms with Crippen molar-refractivity contribution >= 4 is 25.3 Å². The molecule has 0 atom stereocenters. The Morgan fingerprint density at radius 1 is 0.500 bits per heavy atom. The fraction of sp³-hybridized carbons (Fsp3) is 1.00. The summed E-state index contributed by atoms with van der Waals surface area (Å²) in [7, 11) is 0. The third kappa shape index (κ3) is 19.5. The van der Waals surface area contributed by atoms with Crippen LogP contribution in [0, 0.1) is 0 Å². The fourth-order valence-corrected chi connectivity index (χ4v) is 1.32. The molecule has 0 aromatic carbocycles. The Hall–Kier alpha value is 3.97. The summed E-state index contributed by atoms with van der Waals surface area (Å²) >= 11 is 9.67. The molecule has 0 heterocycles. The smallest absolute Gasteiger partial charge is 0.793 e. The van der Waals surface area contributed by atoms with Gasteiger partial charge in [0.15, 0.2) is 0 Å². The standard InChI is InChI=1S/C8H18S2.2K/c9-7-5-3-1-2-4-6-8-10;;/h9-10H,1-8H2;;/q;2*+1/p-2. The molecule has 0 radical (unpaired) electrons. The third-order valence-corrected chi connectivity index (χ3v) is 2.12. The number of hydrogen-bond donors (Lipinski definition) is 0. The van der Waals surface area contributed by atoms with E-state index in [1.807, 2.05) is 0 Å². The number of unbranched alkanes of at least 4 members (excludes halogenated alkanes) is 5. The molecular weight excluding hydrogens is 238 g/mol. The van der Waals surface area contributed by atoms with Gasteiger partial charge in [-0.2, -0.15) is 11.5 Å². The Labute approximate surface area is 173 Å². The molecule has 62 valence electrons. The Morgan fingerprint density at radius 3 is 1.00 bits per heavy atom. The molecule has 0 aliphatic carbocycles. The van der Waals surface area contributed by atoms with Crippen LogP contribution in [0.2, 0.25) is 0 Å². The van der Waals surface area contributed by atoms with Crippen molar-refractivity contribution in [1.82, 2.24) is 0 Å². The van der Waals surface area contributed by atoms with Gasteiger partial charge in [-0.3, -0.25) is 0 Å². The summed E-state index contributed by atoms with van der Waals surface area (Å²) in [4.78, 5) is 0. The Bertz CT molecular complexity index is 55.0. The summed E-state index contributed by atoms with van der Waals surface area (Å²) in [6.45, 7) is 0. The van der Waals surface area contributed by atoms with Crippen molar-refractivity contribution in [3.05, 3.63) is 0 Å². The molecule has 0 spiro atoms. The van der Waals surface area contributed by atoms with Crippen LogP contribution in [-0.4, -0.2) is 11.5 Å². The monoisotopic (exact) mass is 254 g/mol. The van der Waals surface area contributed by atoms with Crippen molar-refractivity contribution in [2.24, 2.45) is 0 Å². The van der Waals surface area contributed by atoms with E-state index in [-0.39, 0.29) is 103 Å². The van der Waals surface area contributed by atoms with E-state index in [0.717, 1.165) is 11.5 Å². The zero-order valence-electron chi connectivity index (χ0n) is 8.47. The molecule has 0 saturated carbocycles. The molecule has 0 amide bonds.